The molecule has 0 radical (unpaired) electrons. The maximum absolute atomic E-state index is 13.1. The quantitative estimate of drug-likeness (QED) is 0.849. The van der Waals surface area contributed by atoms with Crippen molar-refractivity contribution in [3.8, 4) is 11.5 Å². The van der Waals surface area contributed by atoms with Crippen LogP contribution in [-0.2, 0) is 4.79 Å². The van der Waals surface area contributed by atoms with Gasteiger partial charge in [0.15, 0.2) is 11.5 Å². The summed E-state index contributed by atoms with van der Waals surface area (Å²) in [6.45, 7) is 0.430. The van der Waals surface area contributed by atoms with Gasteiger partial charge in [-0.3, -0.25) is 9.59 Å². The highest BCUT2D eigenvalue weighted by Crippen LogP contribution is 2.37. The SMILES string of the molecule is COc1cccc(C(=O)N2C[C@@H](C(=O)O)[C@H](c3ccc(Cl)cc3)C2)c1OC. The molecule has 0 unspecified atom stereocenters. The van der Waals surface area contributed by atoms with Gasteiger partial charge < -0.3 is 19.5 Å². The molecule has 6 nitrogen and oxygen atoms in total. The number of carboxylic acids is 1. The minimum atomic E-state index is -0.928. The second-order valence-electron chi connectivity index (χ2n) is 6.35. The molecule has 0 spiro atoms. The summed E-state index contributed by atoms with van der Waals surface area (Å²) in [4.78, 5) is 26.4. The van der Waals surface area contributed by atoms with E-state index in [0.717, 1.165) is 5.56 Å². The zero-order valence-corrected chi connectivity index (χ0v) is 15.8. The number of ether oxygens (including phenoxy) is 2. The average Bonchev–Trinajstić information content (AvgIpc) is 3.13. The van der Waals surface area contributed by atoms with Crippen molar-refractivity contribution in [2.45, 2.75) is 5.92 Å². The summed E-state index contributed by atoms with van der Waals surface area (Å²) in [6.07, 6.45) is 0. The first-order chi connectivity index (χ1) is 13.0. The monoisotopic (exact) mass is 389 g/mol. The van der Waals surface area contributed by atoms with Gasteiger partial charge >= 0.3 is 5.97 Å². The highest BCUT2D eigenvalue weighted by molar-refractivity contribution is 6.30. The number of benzene rings is 2. The molecule has 0 aromatic heterocycles. The van der Waals surface area contributed by atoms with Crippen LogP contribution in [0.2, 0.25) is 5.02 Å². The lowest BCUT2D eigenvalue weighted by atomic mass is 9.89. The summed E-state index contributed by atoms with van der Waals surface area (Å²) in [6, 6.07) is 12.1. The number of hydrogen-bond donors (Lipinski definition) is 1. The van der Waals surface area contributed by atoms with E-state index in [1.54, 1.807) is 35.2 Å². The lowest BCUT2D eigenvalue weighted by Gasteiger charge is -2.19. The molecular weight excluding hydrogens is 370 g/mol. The van der Waals surface area contributed by atoms with Crippen molar-refractivity contribution in [1.29, 1.82) is 0 Å². The minimum absolute atomic E-state index is 0.127. The number of likely N-dealkylation sites (tertiary alicyclic amines) is 1. The molecule has 1 N–H and O–H groups in total. The standard InChI is InChI=1S/C20H20ClNO5/c1-26-17-5-3-4-14(18(17)27-2)19(23)22-10-15(16(11-22)20(24)25)12-6-8-13(21)9-7-12/h3-9,15-16H,10-11H2,1-2H3,(H,24,25)/t15-,16+/m0/s1. The molecule has 2 aromatic rings. The molecule has 1 aliphatic rings. The van der Waals surface area contributed by atoms with Crippen LogP contribution in [0, 0.1) is 5.92 Å². The van der Waals surface area contributed by atoms with E-state index in [0.29, 0.717) is 28.6 Å². The molecule has 1 saturated heterocycles. The molecule has 2 atom stereocenters. The van der Waals surface area contributed by atoms with Gasteiger partial charge in [-0.05, 0) is 29.8 Å². The van der Waals surface area contributed by atoms with E-state index < -0.39 is 11.9 Å². The molecule has 27 heavy (non-hydrogen) atoms. The Hall–Kier alpha value is -2.73. The zero-order valence-electron chi connectivity index (χ0n) is 15.0. The summed E-state index contributed by atoms with van der Waals surface area (Å²) in [5.41, 5.74) is 1.19. The Balaban J connectivity index is 1.91. The van der Waals surface area contributed by atoms with Crippen LogP contribution in [0.5, 0.6) is 11.5 Å². The Labute approximate surface area is 162 Å². The Bertz CT molecular complexity index is 852. The van der Waals surface area contributed by atoms with E-state index in [9.17, 15) is 14.7 Å². The van der Waals surface area contributed by atoms with Crippen LogP contribution in [0.1, 0.15) is 21.8 Å². The molecule has 2 aromatic carbocycles. The van der Waals surface area contributed by atoms with E-state index in [-0.39, 0.29) is 18.4 Å². The Kier molecular flexibility index (Phi) is 5.56. The highest BCUT2D eigenvalue weighted by Gasteiger charge is 2.41. The van der Waals surface area contributed by atoms with Crippen molar-refractivity contribution in [1.82, 2.24) is 4.90 Å². The van der Waals surface area contributed by atoms with Gasteiger partial charge in [0, 0.05) is 24.0 Å². The molecular formula is C20H20ClNO5. The maximum Gasteiger partial charge on any atom is 0.308 e. The topological polar surface area (TPSA) is 76.1 Å². The number of aliphatic carboxylic acids is 1. The Morgan fingerprint density at radius 2 is 1.78 bits per heavy atom. The first kappa shape index (κ1) is 19.0. The Morgan fingerprint density at radius 3 is 2.37 bits per heavy atom. The highest BCUT2D eigenvalue weighted by atomic mass is 35.5. The zero-order chi connectivity index (χ0) is 19.6. The first-order valence-electron chi connectivity index (χ1n) is 8.44. The number of carbonyl (C=O) groups is 2. The molecule has 3 rings (SSSR count). The number of nitrogens with zero attached hydrogens (tertiary/aromatic N) is 1. The van der Waals surface area contributed by atoms with Gasteiger partial charge in [-0.15, -0.1) is 0 Å². The predicted molar refractivity (Wildman–Crippen MR) is 101 cm³/mol. The van der Waals surface area contributed by atoms with Gasteiger partial charge in [0.2, 0.25) is 0 Å². The van der Waals surface area contributed by atoms with Gasteiger partial charge in [-0.25, -0.2) is 0 Å². The van der Waals surface area contributed by atoms with Crippen molar-refractivity contribution in [3.05, 3.63) is 58.6 Å². The first-order valence-corrected chi connectivity index (χ1v) is 8.82. The van der Waals surface area contributed by atoms with E-state index in [2.05, 4.69) is 0 Å². The fraction of sp³-hybridized carbons (Fsp3) is 0.300. The molecule has 7 heteroatoms. The Morgan fingerprint density at radius 1 is 1.07 bits per heavy atom. The molecule has 1 heterocycles. The van der Waals surface area contributed by atoms with Crippen LogP contribution in [0.25, 0.3) is 0 Å². The fourth-order valence-electron chi connectivity index (χ4n) is 3.49. The number of para-hydroxylation sites is 1. The van der Waals surface area contributed by atoms with Crippen LogP contribution in [0.3, 0.4) is 0 Å². The second-order valence-corrected chi connectivity index (χ2v) is 6.79. The van der Waals surface area contributed by atoms with Gasteiger partial charge in [-0.2, -0.15) is 0 Å². The third-order valence-electron chi connectivity index (χ3n) is 4.86. The average molecular weight is 390 g/mol. The smallest absolute Gasteiger partial charge is 0.308 e. The van der Waals surface area contributed by atoms with Crippen LogP contribution in [-0.4, -0.2) is 49.2 Å². The van der Waals surface area contributed by atoms with Crippen molar-refractivity contribution in [2.75, 3.05) is 27.3 Å². The normalized spacial score (nSPS) is 19.0. The molecule has 1 fully saturated rings. The van der Waals surface area contributed by atoms with Crippen molar-refractivity contribution in [2.24, 2.45) is 5.92 Å². The van der Waals surface area contributed by atoms with Crippen molar-refractivity contribution < 1.29 is 24.2 Å². The third kappa shape index (κ3) is 3.71. The van der Waals surface area contributed by atoms with Gasteiger partial charge in [0.05, 0.1) is 25.7 Å². The van der Waals surface area contributed by atoms with Crippen LogP contribution >= 0.6 is 11.6 Å². The second kappa shape index (κ2) is 7.88. The number of hydrogen-bond acceptors (Lipinski definition) is 4. The van der Waals surface area contributed by atoms with Crippen LogP contribution in [0.4, 0.5) is 0 Å². The number of rotatable bonds is 5. The minimum Gasteiger partial charge on any atom is -0.493 e. The summed E-state index contributed by atoms with van der Waals surface area (Å²) in [5.74, 6) is -1.42. The number of methoxy groups -OCH3 is 2. The van der Waals surface area contributed by atoms with E-state index >= 15 is 0 Å². The molecule has 0 bridgehead atoms. The fourth-order valence-corrected chi connectivity index (χ4v) is 3.62. The van der Waals surface area contributed by atoms with Gasteiger partial charge in [0.1, 0.15) is 0 Å². The van der Waals surface area contributed by atoms with Crippen LogP contribution < -0.4 is 9.47 Å². The third-order valence-corrected chi connectivity index (χ3v) is 5.11. The van der Waals surface area contributed by atoms with Crippen molar-refractivity contribution in [3.63, 3.8) is 0 Å². The van der Waals surface area contributed by atoms with E-state index in [1.807, 2.05) is 12.1 Å². The van der Waals surface area contributed by atoms with E-state index in [1.165, 1.54) is 14.2 Å². The summed E-state index contributed by atoms with van der Waals surface area (Å²) >= 11 is 5.93. The number of carbonyl (C=O) groups excluding carboxylic acids is 1. The largest absolute Gasteiger partial charge is 0.493 e. The molecule has 142 valence electrons. The lowest BCUT2D eigenvalue weighted by Crippen LogP contribution is -2.30. The summed E-state index contributed by atoms with van der Waals surface area (Å²) in [5, 5.41) is 10.2. The summed E-state index contributed by atoms with van der Waals surface area (Å²) < 4.78 is 10.6. The number of carboxylic acid groups (broad SMARTS) is 1. The molecule has 0 aliphatic carbocycles. The van der Waals surface area contributed by atoms with Gasteiger partial charge in [0.25, 0.3) is 5.91 Å². The lowest BCUT2D eigenvalue weighted by molar-refractivity contribution is -0.141. The molecule has 1 amide bonds. The summed E-state index contributed by atoms with van der Waals surface area (Å²) in [7, 11) is 2.97. The number of amides is 1. The van der Waals surface area contributed by atoms with Crippen molar-refractivity contribution >= 4 is 23.5 Å². The maximum atomic E-state index is 13.1. The van der Waals surface area contributed by atoms with Crippen LogP contribution in [0.15, 0.2) is 42.5 Å². The molecule has 1 aliphatic heterocycles. The predicted octanol–water partition coefficient (Wildman–Crippen LogP) is 3.30. The van der Waals surface area contributed by atoms with E-state index in [4.69, 9.17) is 21.1 Å². The van der Waals surface area contributed by atoms with Gasteiger partial charge in [-0.1, -0.05) is 29.8 Å². The molecule has 0 saturated carbocycles. The number of halogens is 1.